The first-order valence-electron chi connectivity index (χ1n) is 12.0. The van der Waals surface area contributed by atoms with Crippen molar-refractivity contribution in [1.29, 1.82) is 0 Å². The Hall–Kier alpha value is -4.03. The van der Waals surface area contributed by atoms with E-state index in [0.29, 0.717) is 36.5 Å². The third-order valence-corrected chi connectivity index (χ3v) is 6.55. The minimum absolute atomic E-state index is 0.0418. The molecule has 198 valence electrons. The Morgan fingerprint density at radius 2 is 2.03 bits per heavy atom. The number of carbonyl (C=O) groups is 1. The molecule has 1 unspecified atom stereocenters. The lowest BCUT2D eigenvalue weighted by molar-refractivity contribution is -0.137. The predicted octanol–water partition coefficient (Wildman–Crippen LogP) is 4.11. The molecule has 0 radical (unpaired) electrons. The number of rotatable bonds is 6. The first kappa shape index (κ1) is 25.6. The fourth-order valence-electron chi connectivity index (χ4n) is 4.55. The Morgan fingerprint density at radius 3 is 2.71 bits per heavy atom. The highest BCUT2D eigenvalue weighted by molar-refractivity contribution is 6.04. The zero-order valence-corrected chi connectivity index (χ0v) is 20.8. The van der Waals surface area contributed by atoms with E-state index in [9.17, 15) is 23.1 Å². The predicted molar refractivity (Wildman–Crippen MR) is 134 cm³/mol. The Labute approximate surface area is 216 Å². The summed E-state index contributed by atoms with van der Waals surface area (Å²) in [4.78, 5) is 15.0. The number of nitrogens with zero attached hydrogens (tertiary/aromatic N) is 5. The second-order valence-electron chi connectivity index (χ2n) is 9.51. The van der Waals surface area contributed by atoms with Crippen LogP contribution in [0.5, 0.6) is 0 Å². The van der Waals surface area contributed by atoms with E-state index in [2.05, 4.69) is 25.8 Å². The van der Waals surface area contributed by atoms with Gasteiger partial charge in [0, 0.05) is 42.1 Å². The van der Waals surface area contributed by atoms with Crippen molar-refractivity contribution in [3.05, 3.63) is 76.7 Å². The van der Waals surface area contributed by atoms with Crippen LogP contribution in [0.4, 0.5) is 18.9 Å². The van der Waals surface area contributed by atoms with Crippen molar-refractivity contribution < 1.29 is 23.1 Å². The van der Waals surface area contributed by atoms with Crippen LogP contribution in [0.3, 0.4) is 0 Å². The zero-order chi connectivity index (χ0) is 27.0. The van der Waals surface area contributed by atoms with Gasteiger partial charge >= 0.3 is 6.18 Å². The van der Waals surface area contributed by atoms with Crippen molar-refractivity contribution in [2.45, 2.75) is 39.1 Å². The molecule has 0 saturated carbocycles. The molecule has 1 aliphatic heterocycles. The number of anilines is 1. The number of amides is 1. The minimum Gasteiger partial charge on any atom is -0.392 e. The lowest BCUT2D eigenvalue weighted by atomic mass is 10.1. The van der Waals surface area contributed by atoms with Crippen LogP contribution in [-0.2, 0) is 12.7 Å². The number of aryl methyl sites for hydroxylation is 2. The van der Waals surface area contributed by atoms with Crippen molar-refractivity contribution in [2.75, 3.05) is 18.4 Å². The molecule has 1 atom stereocenters. The van der Waals surface area contributed by atoms with Gasteiger partial charge in [-0.25, -0.2) is 4.68 Å². The van der Waals surface area contributed by atoms with Crippen molar-refractivity contribution in [1.82, 2.24) is 30.1 Å². The monoisotopic (exact) mass is 525 g/mol. The van der Waals surface area contributed by atoms with E-state index in [1.165, 1.54) is 6.07 Å². The third kappa shape index (κ3) is 5.46. The Bertz CT molecular complexity index is 1480. The second-order valence-corrected chi connectivity index (χ2v) is 9.51. The van der Waals surface area contributed by atoms with Gasteiger partial charge in [0.2, 0.25) is 0 Å². The second kappa shape index (κ2) is 10.0. The summed E-state index contributed by atoms with van der Waals surface area (Å²) in [6.07, 6.45) is -1.12. The molecule has 3 heterocycles. The van der Waals surface area contributed by atoms with Crippen LogP contribution in [0.2, 0.25) is 0 Å². The molecule has 1 aliphatic rings. The molecular weight excluding hydrogens is 499 g/mol. The SMILES string of the molecule is Cc1ccc(C(=O)Nc2cc(CN3CCC(O)C3)cc(C(F)(F)F)c2)cc1-n1cc(-c2cn[nH]c2C)nn1. The number of benzene rings is 2. The van der Waals surface area contributed by atoms with Gasteiger partial charge < -0.3 is 10.4 Å². The molecule has 3 N–H and O–H groups in total. The van der Waals surface area contributed by atoms with Gasteiger partial charge in [0.1, 0.15) is 5.69 Å². The number of alkyl halides is 3. The number of hydrogen-bond acceptors (Lipinski definition) is 6. The van der Waals surface area contributed by atoms with E-state index in [4.69, 9.17) is 0 Å². The largest absolute Gasteiger partial charge is 0.416 e. The highest BCUT2D eigenvalue weighted by atomic mass is 19.4. The first-order valence-corrected chi connectivity index (χ1v) is 12.0. The highest BCUT2D eigenvalue weighted by Crippen LogP contribution is 2.33. The van der Waals surface area contributed by atoms with Gasteiger partial charge in [-0.2, -0.15) is 18.3 Å². The summed E-state index contributed by atoms with van der Waals surface area (Å²) < 4.78 is 42.4. The van der Waals surface area contributed by atoms with Crippen molar-refractivity contribution in [2.24, 2.45) is 0 Å². The number of β-amino-alcohol motifs (C(OH)–C–C–N with tert-alkyl or cyclic N) is 1. The number of nitrogens with one attached hydrogen (secondary N) is 2. The van der Waals surface area contributed by atoms with E-state index < -0.39 is 23.8 Å². The summed E-state index contributed by atoms with van der Waals surface area (Å²) in [5.41, 5.74) is 3.52. The van der Waals surface area contributed by atoms with Crippen LogP contribution in [0.25, 0.3) is 16.9 Å². The van der Waals surface area contributed by atoms with Crippen molar-refractivity contribution >= 4 is 11.6 Å². The summed E-state index contributed by atoms with van der Waals surface area (Å²) in [5.74, 6) is -0.556. The van der Waals surface area contributed by atoms with Crippen LogP contribution in [0.1, 0.15) is 39.2 Å². The lowest BCUT2D eigenvalue weighted by Gasteiger charge is -2.18. The maximum Gasteiger partial charge on any atom is 0.416 e. The minimum atomic E-state index is -4.57. The zero-order valence-electron chi connectivity index (χ0n) is 20.8. The van der Waals surface area contributed by atoms with Crippen molar-refractivity contribution in [3.63, 3.8) is 0 Å². The summed E-state index contributed by atoms with van der Waals surface area (Å²) >= 11 is 0. The number of H-pyrrole nitrogens is 1. The summed E-state index contributed by atoms with van der Waals surface area (Å²) in [6, 6.07) is 8.49. The number of likely N-dealkylation sites (tertiary alicyclic amines) is 1. The third-order valence-electron chi connectivity index (χ3n) is 6.55. The van der Waals surface area contributed by atoms with Gasteiger partial charge in [-0.3, -0.25) is 14.8 Å². The maximum atomic E-state index is 13.6. The molecule has 0 spiro atoms. The maximum absolute atomic E-state index is 13.6. The van der Waals surface area contributed by atoms with Gasteiger partial charge in [0.25, 0.3) is 5.91 Å². The molecule has 0 bridgehead atoms. The number of aliphatic hydroxyl groups excluding tert-OH is 1. The normalized spacial score (nSPS) is 16.2. The number of aliphatic hydroxyl groups is 1. The Morgan fingerprint density at radius 1 is 1.21 bits per heavy atom. The van der Waals surface area contributed by atoms with E-state index >= 15 is 0 Å². The number of aromatic nitrogens is 5. The topological polar surface area (TPSA) is 112 Å². The summed E-state index contributed by atoms with van der Waals surface area (Å²) in [5, 5.41) is 27.6. The fourth-order valence-corrected chi connectivity index (χ4v) is 4.55. The van der Waals surface area contributed by atoms with Gasteiger partial charge in [0.15, 0.2) is 0 Å². The van der Waals surface area contributed by atoms with Gasteiger partial charge in [-0.1, -0.05) is 11.3 Å². The van der Waals surface area contributed by atoms with E-state index in [-0.39, 0.29) is 17.8 Å². The number of hydrogen-bond donors (Lipinski definition) is 3. The van der Waals surface area contributed by atoms with Crippen LogP contribution in [0, 0.1) is 13.8 Å². The number of carbonyl (C=O) groups excluding carboxylic acids is 1. The molecule has 1 saturated heterocycles. The molecule has 2 aromatic heterocycles. The van der Waals surface area contributed by atoms with Crippen LogP contribution >= 0.6 is 0 Å². The average Bonchev–Trinajstić information content (AvgIpc) is 3.60. The average molecular weight is 526 g/mol. The smallest absolute Gasteiger partial charge is 0.392 e. The van der Waals surface area contributed by atoms with Gasteiger partial charge in [0.05, 0.1) is 29.7 Å². The highest BCUT2D eigenvalue weighted by Gasteiger charge is 2.32. The molecule has 4 aromatic rings. The van der Waals surface area contributed by atoms with Crippen LogP contribution in [0.15, 0.2) is 48.8 Å². The standard InChI is InChI=1S/C26H26F3N7O2/c1-15-3-4-18(9-24(15)36-14-23(33-34-36)22-11-30-32-16(22)2)25(38)31-20-8-17(7-19(10-20)26(27,28)29)12-35-6-5-21(37)13-35/h3-4,7-11,14,21,37H,5-6,12-13H2,1-2H3,(H,30,32)(H,31,38). The van der Waals surface area contributed by atoms with Crippen molar-refractivity contribution in [3.8, 4) is 16.9 Å². The number of aromatic amines is 1. The molecule has 1 amide bonds. The first-order chi connectivity index (χ1) is 18.1. The van der Waals surface area contributed by atoms with E-state index in [0.717, 1.165) is 29.0 Å². The number of halogens is 3. The molecule has 12 heteroatoms. The quantitative estimate of drug-likeness (QED) is 0.349. The van der Waals surface area contributed by atoms with E-state index in [1.54, 1.807) is 35.3 Å². The van der Waals surface area contributed by atoms with E-state index in [1.807, 2.05) is 18.7 Å². The molecule has 0 aliphatic carbocycles. The fraction of sp³-hybridized carbons (Fsp3) is 0.308. The molecule has 1 fully saturated rings. The summed E-state index contributed by atoms with van der Waals surface area (Å²) in [6.45, 7) is 4.95. The molecule has 9 nitrogen and oxygen atoms in total. The molecule has 5 rings (SSSR count). The Kier molecular flexibility index (Phi) is 6.76. The summed E-state index contributed by atoms with van der Waals surface area (Å²) in [7, 11) is 0. The van der Waals surface area contributed by atoms with Crippen LogP contribution in [-0.4, -0.2) is 60.3 Å². The van der Waals surface area contributed by atoms with Gasteiger partial charge in [-0.15, -0.1) is 5.10 Å². The Balaban J connectivity index is 1.40. The van der Waals surface area contributed by atoms with Gasteiger partial charge in [-0.05, 0) is 61.7 Å². The molecule has 2 aromatic carbocycles. The van der Waals surface area contributed by atoms with Crippen LogP contribution < -0.4 is 5.32 Å². The molecular formula is C26H26F3N7O2. The molecule has 38 heavy (non-hydrogen) atoms. The lowest BCUT2D eigenvalue weighted by Crippen LogP contribution is -2.22.